The fraction of sp³-hybridized carbons (Fsp3) is 0.833. The highest BCUT2D eigenvalue weighted by Crippen LogP contribution is 2.41. The zero-order valence-corrected chi connectivity index (χ0v) is 8.94. The van der Waals surface area contributed by atoms with Crippen LogP contribution in [0.5, 0.6) is 0 Å². The van der Waals surface area contributed by atoms with Crippen molar-refractivity contribution < 1.29 is 44.5 Å². The smallest absolute Gasteiger partial charge is 0.409 e. The van der Waals surface area contributed by atoms with Crippen molar-refractivity contribution in [2.45, 2.75) is 18.4 Å². The highest BCUT2D eigenvalue weighted by atomic mass is 32.2. The molecule has 0 N–H and O–H groups in total. The molecule has 0 saturated carbocycles. The molecule has 5 nitrogen and oxygen atoms in total. The zero-order chi connectivity index (χ0) is 14.1. The minimum absolute atomic E-state index is 0.680. The van der Waals surface area contributed by atoms with Gasteiger partial charge in [0.1, 0.15) is 0 Å². The summed E-state index contributed by atoms with van der Waals surface area (Å²) in [7, 11) is -6.65. The highest BCUT2D eigenvalue weighted by Gasteiger charge is 2.64. The largest absolute Gasteiger partial charge is 0.743 e. The number of hydrogen-bond donors (Lipinski definition) is 0. The normalized spacial score (nSPS) is 15.5. The Morgan fingerprint density at radius 1 is 1.29 bits per heavy atom. The number of hydrogen-bond acceptors (Lipinski definition) is 5. The molecule has 0 amide bonds. The Morgan fingerprint density at radius 3 is 1.94 bits per heavy atom. The second kappa shape index (κ2) is 4.72. The lowest BCUT2D eigenvalue weighted by Gasteiger charge is -2.28. The SMILES string of the molecule is CCOC(=O)C(C(F)(F)F)C(F)(F)S(=O)(=O)[O-]. The van der Waals surface area contributed by atoms with Crippen LogP contribution in [0.2, 0.25) is 0 Å². The molecular weight excluding hydrogens is 279 g/mol. The molecule has 0 fully saturated rings. The summed E-state index contributed by atoms with van der Waals surface area (Å²) in [5.74, 6) is -6.86. The van der Waals surface area contributed by atoms with Crippen molar-refractivity contribution in [3.63, 3.8) is 0 Å². The second-order valence-corrected chi connectivity index (χ2v) is 4.20. The van der Waals surface area contributed by atoms with E-state index in [0.29, 0.717) is 0 Å². The van der Waals surface area contributed by atoms with Gasteiger partial charge in [-0.05, 0) is 6.92 Å². The third-order valence-corrected chi connectivity index (χ3v) is 2.42. The van der Waals surface area contributed by atoms with Gasteiger partial charge in [0, 0.05) is 0 Å². The molecule has 1 unspecified atom stereocenters. The van der Waals surface area contributed by atoms with Crippen molar-refractivity contribution in [1.29, 1.82) is 0 Å². The molecule has 0 aromatic rings. The van der Waals surface area contributed by atoms with Gasteiger partial charge in [0.25, 0.3) is 0 Å². The molecule has 1 atom stereocenters. The summed E-state index contributed by atoms with van der Waals surface area (Å²) in [6.45, 7) is 0.343. The zero-order valence-electron chi connectivity index (χ0n) is 8.12. The number of carbonyl (C=O) groups is 1. The Hall–Kier alpha value is -0.970. The third kappa shape index (κ3) is 3.49. The monoisotopic (exact) mass is 285 g/mol. The molecule has 0 radical (unpaired) electrons. The van der Waals surface area contributed by atoms with E-state index in [1.807, 2.05) is 0 Å². The van der Waals surface area contributed by atoms with Crippen LogP contribution >= 0.6 is 0 Å². The van der Waals surface area contributed by atoms with E-state index < -0.39 is 40.0 Å². The molecule has 0 aromatic heterocycles. The fourth-order valence-electron chi connectivity index (χ4n) is 0.831. The molecule has 0 bridgehead atoms. The van der Waals surface area contributed by atoms with Crippen molar-refractivity contribution in [3.8, 4) is 0 Å². The number of carbonyl (C=O) groups excluding carboxylic acids is 1. The van der Waals surface area contributed by atoms with Gasteiger partial charge in [-0.3, -0.25) is 4.79 Å². The van der Waals surface area contributed by atoms with Gasteiger partial charge in [0.15, 0.2) is 10.1 Å². The average Bonchev–Trinajstić information content (AvgIpc) is 1.97. The molecule has 0 aliphatic carbocycles. The minimum Gasteiger partial charge on any atom is -0.743 e. The van der Waals surface area contributed by atoms with E-state index in [2.05, 4.69) is 4.74 Å². The Kier molecular flexibility index (Phi) is 4.45. The van der Waals surface area contributed by atoms with E-state index in [1.54, 1.807) is 0 Å². The lowest BCUT2D eigenvalue weighted by molar-refractivity contribution is -0.228. The van der Waals surface area contributed by atoms with Crippen LogP contribution < -0.4 is 0 Å². The lowest BCUT2D eigenvalue weighted by atomic mass is 10.1. The van der Waals surface area contributed by atoms with Crippen LogP contribution in [0, 0.1) is 5.92 Å². The molecule has 11 heteroatoms. The van der Waals surface area contributed by atoms with Crippen molar-refractivity contribution in [3.05, 3.63) is 0 Å². The maximum atomic E-state index is 12.7. The van der Waals surface area contributed by atoms with E-state index in [4.69, 9.17) is 0 Å². The van der Waals surface area contributed by atoms with Crippen molar-refractivity contribution in [1.82, 2.24) is 0 Å². The summed E-state index contributed by atoms with van der Waals surface area (Å²) in [4.78, 5) is 10.7. The summed E-state index contributed by atoms with van der Waals surface area (Å²) in [6.07, 6.45) is -5.92. The van der Waals surface area contributed by atoms with Crippen LogP contribution in [0.1, 0.15) is 6.92 Å². The van der Waals surface area contributed by atoms with Crippen molar-refractivity contribution in [2.24, 2.45) is 5.92 Å². The first-order valence-corrected chi connectivity index (χ1v) is 5.33. The first-order valence-electron chi connectivity index (χ1n) is 3.92. The highest BCUT2D eigenvalue weighted by molar-refractivity contribution is 7.86. The summed E-state index contributed by atoms with van der Waals surface area (Å²) in [5, 5.41) is -5.82. The molecule has 0 aromatic carbocycles. The van der Waals surface area contributed by atoms with Crippen molar-refractivity contribution in [2.75, 3.05) is 6.61 Å². The van der Waals surface area contributed by atoms with Crippen LogP contribution in [-0.4, -0.2) is 37.0 Å². The lowest BCUT2D eigenvalue weighted by Crippen LogP contribution is -2.50. The molecule has 0 saturated heterocycles. The summed E-state index contributed by atoms with van der Waals surface area (Å²) < 4.78 is 95.7. The second-order valence-electron chi connectivity index (χ2n) is 2.74. The standard InChI is InChI=1S/C6H7F5O5S/c1-2-16-4(12)3(5(7,8)9)6(10,11)17(13,14)15/h3H,2H2,1H3,(H,13,14,15)/p-1. The van der Waals surface area contributed by atoms with Crippen LogP contribution in [0.25, 0.3) is 0 Å². The average molecular weight is 285 g/mol. The molecule has 102 valence electrons. The number of rotatable bonds is 4. The van der Waals surface area contributed by atoms with Gasteiger partial charge in [0.2, 0.25) is 5.92 Å². The molecular formula is C6H6F5O5S-. The van der Waals surface area contributed by atoms with Gasteiger partial charge < -0.3 is 9.29 Å². The number of esters is 1. The first kappa shape index (κ1) is 16.0. The Labute approximate surface area is 92.3 Å². The molecule has 0 aliphatic heterocycles. The third-order valence-electron chi connectivity index (χ3n) is 1.52. The number of ether oxygens (including phenoxy) is 1. The van der Waals surface area contributed by atoms with Gasteiger partial charge >= 0.3 is 17.4 Å². The van der Waals surface area contributed by atoms with Crippen LogP contribution in [0.3, 0.4) is 0 Å². The van der Waals surface area contributed by atoms with E-state index in [-0.39, 0.29) is 0 Å². The van der Waals surface area contributed by atoms with Gasteiger partial charge in [-0.2, -0.15) is 22.0 Å². The first-order chi connectivity index (χ1) is 7.35. The summed E-state index contributed by atoms with van der Waals surface area (Å²) in [6, 6.07) is 0. The summed E-state index contributed by atoms with van der Waals surface area (Å²) in [5.41, 5.74) is 0. The molecule has 0 aliphatic rings. The quantitative estimate of drug-likeness (QED) is 0.434. The van der Waals surface area contributed by atoms with Crippen LogP contribution in [0.15, 0.2) is 0 Å². The number of halogens is 5. The maximum Gasteiger partial charge on any atom is 0.409 e. The predicted octanol–water partition coefficient (Wildman–Crippen LogP) is 0.866. The van der Waals surface area contributed by atoms with Gasteiger partial charge in [-0.25, -0.2) is 8.42 Å². The molecule has 0 rings (SSSR count). The van der Waals surface area contributed by atoms with Crippen LogP contribution in [0.4, 0.5) is 22.0 Å². The Bertz CT molecular complexity index is 386. The van der Waals surface area contributed by atoms with E-state index in [9.17, 15) is 39.7 Å². The van der Waals surface area contributed by atoms with E-state index in [0.717, 1.165) is 6.92 Å². The van der Waals surface area contributed by atoms with Crippen LogP contribution in [-0.2, 0) is 19.6 Å². The van der Waals surface area contributed by atoms with Gasteiger partial charge in [-0.1, -0.05) is 0 Å². The predicted molar refractivity (Wildman–Crippen MR) is 40.8 cm³/mol. The minimum atomic E-state index is -6.65. The topological polar surface area (TPSA) is 83.5 Å². The van der Waals surface area contributed by atoms with Crippen molar-refractivity contribution >= 4 is 16.1 Å². The molecule has 17 heavy (non-hydrogen) atoms. The summed E-state index contributed by atoms with van der Waals surface area (Å²) >= 11 is 0. The molecule has 0 heterocycles. The molecule has 0 spiro atoms. The Balaban J connectivity index is 5.59. The Morgan fingerprint density at radius 2 is 1.71 bits per heavy atom. The van der Waals surface area contributed by atoms with Gasteiger partial charge in [0.05, 0.1) is 6.61 Å². The number of alkyl halides is 5. The fourth-order valence-corrected chi connectivity index (χ4v) is 1.35. The maximum absolute atomic E-state index is 12.7. The van der Waals surface area contributed by atoms with Gasteiger partial charge in [-0.15, -0.1) is 0 Å². The van der Waals surface area contributed by atoms with E-state index >= 15 is 0 Å². The van der Waals surface area contributed by atoms with E-state index in [1.165, 1.54) is 0 Å².